The molecule has 20 heavy (non-hydrogen) atoms. The van der Waals surface area contributed by atoms with E-state index in [1.165, 1.54) is 0 Å². The zero-order chi connectivity index (χ0) is 14.7. The Balaban J connectivity index is 2.20. The van der Waals surface area contributed by atoms with E-state index >= 15 is 0 Å². The van der Waals surface area contributed by atoms with Crippen molar-refractivity contribution < 1.29 is 4.79 Å². The first-order valence-electron chi connectivity index (χ1n) is 6.14. The summed E-state index contributed by atoms with van der Waals surface area (Å²) in [5.74, 6) is -0.117. The molecule has 1 unspecified atom stereocenters. The lowest BCUT2D eigenvalue weighted by Crippen LogP contribution is -2.30. The predicted molar refractivity (Wildman–Crippen MR) is 83.9 cm³/mol. The molecule has 1 heterocycles. The second-order valence-corrected chi connectivity index (χ2v) is 5.74. The van der Waals surface area contributed by atoms with Crippen LogP contribution in [0.4, 0.5) is 0 Å². The summed E-state index contributed by atoms with van der Waals surface area (Å²) in [6.45, 7) is 1.97. The fourth-order valence-electron chi connectivity index (χ4n) is 1.85. The molecule has 1 amide bonds. The van der Waals surface area contributed by atoms with E-state index < -0.39 is 0 Å². The minimum absolute atomic E-state index is 0.0550. The van der Waals surface area contributed by atoms with Gasteiger partial charge in [-0.2, -0.15) is 0 Å². The van der Waals surface area contributed by atoms with Crippen molar-refractivity contribution in [3.05, 3.63) is 63.3 Å². The van der Waals surface area contributed by atoms with E-state index in [2.05, 4.69) is 20.9 Å². The summed E-state index contributed by atoms with van der Waals surface area (Å²) in [4.78, 5) is 18.2. The van der Waals surface area contributed by atoms with Gasteiger partial charge in [0.15, 0.2) is 0 Å². The molecular formula is C15H14BrClN2O. The van der Waals surface area contributed by atoms with Crippen molar-refractivity contribution in [1.29, 1.82) is 0 Å². The van der Waals surface area contributed by atoms with Crippen molar-refractivity contribution in [2.24, 2.45) is 0 Å². The van der Waals surface area contributed by atoms with Gasteiger partial charge >= 0.3 is 0 Å². The van der Waals surface area contributed by atoms with Crippen LogP contribution in [0.3, 0.4) is 0 Å². The Morgan fingerprint density at radius 2 is 1.90 bits per heavy atom. The van der Waals surface area contributed by atoms with Gasteiger partial charge in [-0.15, -0.1) is 0 Å². The summed E-state index contributed by atoms with van der Waals surface area (Å²) in [6, 6.07) is 12.7. The van der Waals surface area contributed by atoms with E-state index in [9.17, 15) is 4.79 Å². The molecule has 1 aromatic heterocycles. The van der Waals surface area contributed by atoms with Gasteiger partial charge in [0, 0.05) is 12.1 Å². The normalized spacial score (nSPS) is 12.0. The van der Waals surface area contributed by atoms with Crippen LogP contribution >= 0.6 is 27.5 Å². The summed E-state index contributed by atoms with van der Waals surface area (Å²) >= 11 is 9.15. The van der Waals surface area contributed by atoms with Crippen LogP contribution in [-0.2, 0) is 0 Å². The Hall–Kier alpha value is -1.39. The van der Waals surface area contributed by atoms with E-state index in [0.717, 1.165) is 5.56 Å². The van der Waals surface area contributed by atoms with Gasteiger partial charge in [0.2, 0.25) is 0 Å². The highest BCUT2D eigenvalue weighted by Crippen LogP contribution is 2.22. The van der Waals surface area contributed by atoms with Crippen molar-refractivity contribution in [3.8, 4) is 0 Å². The van der Waals surface area contributed by atoms with Gasteiger partial charge in [-0.25, -0.2) is 4.98 Å². The maximum atomic E-state index is 12.4. The number of rotatable bonds is 3. The third-order valence-electron chi connectivity index (χ3n) is 3.19. The standard InChI is InChI=1S/C15H14BrClN2O/c1-10(11-6-8-12(17)9-7-11)19(2)15(20)13-4-3-5-14(16)18-13/h3-10H,1-2H3. The number of halogens is 2. The highest BCUT2D eigenvalue weighted by molar-refractivity contribution is 9.10. The molecule has 0 spiro atoms. The average Bonchev–Trinajstić information content (AvgIpc) is 2.46. The van der Waals surface area contributed by atoms with E-state index in [4.69, 9.17) is 11.6 Å². The highest BCUT2D eigenvalue weighted by Gasteiger charge is 2.19. The Morgan fingerprint density at radius 1 is 1.25 bits per heavy atom. The SMILES string of the molecule is CC(c1ccc(Cl)cc1)N(C)C(=O)c1cccc(Br)n1. The smallest absolute Gasteiger partial charge is 0.272 e. The molecule has 104 valence electrons. The van der Waals surface area contributed by atoms with E-state index in [0.29, 0.717) is 15.3 Å². The minimum Gasteiger partial charge on any atom is -0.334 e. The molecule has 1 atom stereocenters. The number of pyridine rings is 1. The van der Waals surface area contributed by atoms with Crippen LogP contribution < -0.4 is 0 Å². The topological polar surface area (TPSA) is 33.2 Å². The molecule has 2 rings (SSSR count). The molecule has 0 aliphatic heterocycles. The quantitative estimate of drug-likeness (QED) is 0.769. The summed E-state index contributed by atoms with van der Waals surface area (Å²) in [7, 11) is 1.77. The van der Waals surface area contributed by atoms with Crippen LogP contribution in [0.15, 0.2) is 47.1 Å². The minimum atomic E-state index is -0.117. The first-order chi connectivity index (χ1) is 9.49. The van der Waals surface area contributed by atoms with E-state index in [1.54, 1.807) is 30.1 Å². The molecular weight excluding hydrogens is 340 g/mol. The number of hydrogen-bond donors (Lipinski definition) is 0. The van der Waals surface area contributed by atoms with Crippen molar-refractivity contribution in [1.82, 2.24) is 9.88 Å². The predicted octanol–water partition coefficient (Wildman–Crippen LogP) is 4.33. The molecule has 0 aliphatic rings. The van der Waals surface area contributed by atoms with Crippen molar-refractivity contribution in [2.75, 3.05) is 7.05 Å². The molecule has 0 saturated carbocycles. The highest BCUT2D eigenvalue weighted by atomic mass is 79.9. The van der Waals surface area contributed by atoms with Crippen LogP contribution in [0.2, 0.25) is 5.02 Å². The van der Waals surface area contributed by atoms with E-state index in [1.807, 2.05) is 31.2 Å². The van der Waals surface area contributed by atoms with Gasteiger partial charge in [-0.1, -0.05) is 29.8 Å². The van der Waals surface area contributed by atoms with E-state index in [-0.39, 0.29) is 11.9 Å². The fraction of sp³-hybridized carbons (Fsp3) is 0.200. The molecule has 1 aromatic carbocycles. The second kappa shape index (κ2) is 6.37. The van der Waals surface area contributed by atoms with Crippen molar-refractivity contribution in [3.63, 3.8) is 0 Å². The van der Waals surface area contributed by atoms with Crippen LogP contribution in [0.1, 0.15) is 29.0 Å². The molecule has 0 radical (unpaired) electrons. The Bertz CT molecular complexity index is 616. The summed E-state index contributed by atoms with van der Waals surface area (Å²) in [6.07, 6.45) is 0. The first-order valence-corrected chi connectivity index (χ1v) is 7.31. The number of nitrogens with zero attached hydrogens (tertiary/aromatic N) is 2. The summed E-state index contributed by atoms with van der Waals surface area (Å²) in [5.41, 5.74) is 1.45. The van der Waals surface area contributed by atoms with Crippen LogP contribution in [0.5, 0.6) is 0 Å². The van der Waals surface area contributed by atoms with Crippen LogP contribution in [0.25, 0.3) is 0 Å². The molecule has 0 fully saturated rings. The fourth-order valence-corrected chi connectivity index (χ4v) is 2.32. The number of aromatic nitrogens is 1. The third kappa shape index (κ3) is 3.38. The molecule has 0 N–H and O–H groups in total. The molecule has 0 bridgehead atoms. The maximum Gasteiger partial charge on any atom is 0.272 e. The van der Waals surface area contributed by atoms with Crippen molar-refractivity contribution in [2.45, 2.75) is 13.0 Å². The van der Waals surface area contributed by atoms with Gasteiger partial charge < -0.3 is 4.90 Å². The van der Waals surface area contributed by atoms with Gasteiger partial charge in [-0.05, 0) is 52.7 Å². The number of carbonyl (C=O) groups excluding carboxylic acids is 1. The Kier molecular flexibility index (Phi) is 4.78. The van der Waals surface area contributed by atoms with Crippen LogP contribution in [-0.4, -0.2) is 22.8 Å². The Morgan fingerprint density at radius 3 is 2.50 bits per heavy atom. The molecule has 3 nitrogen and oxygen atoms in total. The number of amides is 1. The molecule has 0 saturated heterocycles. The number of benzene rings is 1. The third-order valence-corrected chi connectivity index (χ3v) is 3.88. The lowest BCUT2D eigenvalue weighted by Gasteiger charge is -2.25. The maximum absolute atomic E-state index is 12.4. The monoisotopic (exact) mass is 352 g/mol. The average molecular weight is 354 g/mol. The van der Waals surface area contributed by atoms with Gasteiger partial charge in [0.05, 0.1) is 6.04 Å². The number of hydrogen-bond acceptors (Lipinski definition) is 2. The summed E-state index contributed by atoms with van der Waals surface area (Å²) < 4.78 is 0.649. The zero-order valence-electron chi connectivity index (χ0n) is 11.2. The second-order valence-electron chi connectivity index (χ2n) is 4.49. The lowest BCUT2D eigenvalue weighted by molar-refractivity contribution is 0.0736. The summed E-state index contributed by atoms with van der Waals surface area (Å²) in [5, 5.41) is 0.684. The first kappa shape index (κ1) is 15.0. The lowest BCUT2D eigenvalue weighted by atomic mass is 10.1. The number of carbonyl (C=O) groups is 1. The largest absolute Gasteiger partial charge is 0.334 e. The van der Waals surface area contributed by atoms with Gasteiger partial charge in [0.25, 0.3) is 5.91 Å². The molecule has 5 heteroatoms. The Labute approximate surface area is 131 Å². The van der Waals surface area contributed by atoms with Gasteiger partial charge in [-0.3, -0.25) is 4.79 Å². The van der Waals surface area contributed by atoms with Crippen LogP contribution in [0, 0.1) is 0 Å². The van der Waals surface area contributed by atoms with Crippen molar-refractivity contribution >= 4 is 33.4 Å². The zero-order valence-corrected chi connectivity index (χ0v) is 13.5. The van der Waals surface area contributed by atoms with Gasteiger partial charge in [0.1, 0.15) is 10.3 Å². The molecule has 0 aliphatic carbocycles. The molecule has 2 aromatic rings.